The second kappa shape index (κ2) is 8.85. The molecule has 146 valence electrons. The van der Waals surface area contributed by atoms with Crippen LogP contribution in [0.15, 0.2) is 28.8 Å². The van der Waals surface area contributed by atoms with Crippen LogP contribution in [-0.4, -0.2) is 54.0 Å². The molecular formula is C21H29N3O3. The molecule has 1 atom stereocenters. The first-order chi connectivity index (χ1) is 13.3. The number of nitrogens with zero attached hydrogens (tertiary/aromatic N) is 3. The Kier molecular flexibility index (Phi) is 6.04. The van der Waals surface area contributed by atoms with Crippen LogP contribution in [0.25, 0.3) is 11.5 Å². The van der Waals surface area contributed by atoms with Gasteiger partial charge >= 0.3 is 0 Å². The number of hydrogen-bond acceptors (Lipinski definition) is 6. The first-order valence-corrected chi connectivity index (χ1v) is 10.2. The highest BCUT2D eigenvalue weighted by Crippen LogP contribution is 2.31. The first kappa shape index (κ1) is 18.4. The largest absolute Gasteiger partial charge is 0.491 e. The average Bonchev–Trinajstić information content (AvgIpc) is 3.21. The van der Waals surface area contributed by atoms with Crippen LogP contribution >= 0.6 is 0 Å². The van der Waals surface area contributed by atoms with Crippen LogP contribution in [0, 0.1) is 0 Å². The van der Waals surface area contributed by atoms with Crippen molar-refractivity contribution in [2.24, 2.45) is 0 Å². The summed E-state index contributed by atoms with van der Waals surface area (Å²) in [6, 6.07) is 8.58. The molecule has 0 aliphatic carbocycles. The van der Waals surface area contributed by atoms with E-state index in [1.807, 2.05) is 24.3 Å². The number of benzene rings is 1. The van der Waals surface area contributed by atoms with Gasteiger partial charge in [-0.3, -0.25) is 4.90 Å². The molecule has 0 spiro atoms. The second-order valence-electron chi connectivity index (χ2n) is 7.57. The lowest BCUT2D eigenvalue weighted by atomic mass is 10.00. The van der Waals surface area contributed by atoms with Crippen LogP contribution in [0.2, 0.25) is 0 Å². The van der Waals surface area contributed by atoms with E-state index in [2.05, 4.69) is 22.0 Å². The molecule has 2 fully saturated rings. The van der Waals surface area contributed by atoms with Crippen LogP contribution < -0.4 is 4.74 Å². The molecule has 2 saturated heterocycles. The van der Waals surface area contributed by atoms with Crippen molar-refractivity contribution in [3.63, 3.8) is 0 Å². The molecule has 2 aliphatic heterocycles. The van der Waals surface area contributed by atoms with Crippen molar-refractivity contribution >= 4 is 0 Å². The minimum absolute atomic E-state index is 0.324. The molecule has 1 aromatic carbocycles. The molecule has 0 N–H and O–H groups in total. The summed E-state index contributed by atoms with van der Waals surface area (Å²) in [5, 5.41) is 4.22. The molecule has 1 unspecified atom stereocenters. The average molecular weight is 371 g/mol. The van der Waals surface area contributed by atoms with Crippen molar-refractivity contribution in [1.29, 1.82) is 0 Å². The number of para-hydroxylation sites is 1. The van der Waals surface area contributed by atoms with Crippen molar-refractivity contribution in [1.82, 2.24) is 15.0 Å². The van der Waals surface area contributed by atoms with E-state index in [9.17, 15) is 0 Å². The normalized spacial score (nSPS) is 22.0. The van der Waals surface area contributed by atoms with E-state index in [-0.39, 0.29) is 0 Å². The zero-order chi connectivity index (χ0) is 18.5. The van der Waals surface area contributed by atoms with E-state index < -0.39 is 0 Å². The van der Waals surface area contributed by atoms with Crippen molar-refractivity contribution in [2.45, 2.75) is 51.0 Å². The maximum absolute atomic E-state index is 6.11. The molecule has 4 rings (SSSR count). The van der Waals surface area contributed by atoms with Gasteiger partial charge in [-0.25, -0.2) is 0 Å². The predicted octanol–water partition coefficient (Wildman–Crippen LogP) is 3.88. The quantitative estimate of drug-likeness (QED) is 0.768. The number of ether oxygens (including phenoxy) is 2. The van der Waals surface area contributed by atoms with Crippen LogP contribution in [-0.2, 0) is 4.74 Å². The van der Waals surface area contributed by atoms with Crippen LogP contribution in [0.4, 0.5) is 0 Å². The molecule has 0 saturated carbocycles. The van der Waals surface area contributed by atoms with Gasteiger partial charge in [0, 0.05) is 31.7 Å². The Hall–Kier alpha value is -1.92. The minimum Gasteiger partial charge on any atom is -0.491 e. The van der Waals surface area contributed by atoms with Crippen LogP contribution in [0.5, 0.6) is 5.75 Å². The number of hydrogen-bond donors (Lipinski definition) is 0. The summed E-state index contributed by atoms with van der Waals surface area (Å²) in [5.41, 5.74) is 0.870. The topological polar surface area (TPSA) is 60.6 Å². The molecule has 1 aromatic heterocycles. The standard InChI is InChI=1S/C21H29N3O3/c1-16-6-4-5-11-24(16)12-15-26-19-8-3-2-7-18(19)21-22-20(23-27-21)17-9-13-25-14-10-17/h2-3,7-8,16-17H,4-6,9-15H2,1H3. The van der Waals surface area contributed by atoms with Gasteiger partial charge < -0.3 is 14.0 Å². The van der Waals surface area contributed by atoms with Gasteiger partial charge in [-0.2, -0.15) is 4.98 Å². The van der Waals surface area contributed by atoms with E-state index in [0.717, 1.165) is 49.7 Å². The van der Waals surface area contributed by atoms with E-state index in [1.54, 1.807) is 0 Å². The molecular weight excluding hydrogens is 342 g/mol. The monoisotopic (exact) mass is 371 g/mol. The van der Waals surface area contributed by atoms with E-state index >= 15 is 0 Å². The zero-order valence-corrected chi connectivity index (χ0v) is 16.1. The number of likely N-dealkylation sites (tertiary alicyclic amines) is 1. The third-order valence-corrected chi connectivity index (χ3v) is 5.72. The lowest BCUT2D eigenvalue weighted by Crippen LogP contribution is -2.39. The fourth-order valence-corrected chi connectivity index (χ4v) is 4.00. The molecule has 27 heavy (non-hydrogen) atoms. The summed E-state index contributed by atoms with van der Waals surface area (Å²) in [7, 11) is 0. The van der Waals surface area contributed by atoms with Crippen LogP contribution in [0.1, 0.15) is 50.8 Å². The molecule has 3 heterocycles. The fourth-order valence-electron chi connectivity index (χ4n) is 4.00. The third-order valence-electron chi connectivity index (χ3n) is 5.72. The Morgan fingerprint density at radius 3 is 2.85 bits per heavy atom. The zero-order valence-electron chi connectivity index (χ0n) is 16.1. The summed E-state index contributed by atoms with van der Waals surface area (Å²) in [6.07, 6.45) is 5.82. The SMILES string of the molecule is CC1CCCCN1CCOc1ccccc1-c1nc(C2CCOCC2)no1. The summed E-state index contributed by atoms with van der Waals surface area (Å²) < 4.78 is 17.1. The predicted molar refractivity (Wildman–Crippen MR) is 103 cm³/mol. The Labute approximate surface area is 160 Å². The highest BCUT2D eigenvalue weighted by atomic mass is 16.5. The fraction of sp³-hybridized carbons (Fsp3) is 0.619. The Balaban J connectivity index is 1.41. The molecule has 0 bridgehead atoms. The molecule has 2 aromatic rings. The third kappa shape index (κ3) is 4.50. The van der Waals surface area contributed by atoms with Gasteiger partial charge in [0.1, 0.15) is 12.4 Å². The van der Waals surface area contributed by atoms with E-state index in [0.29, 0.717) is 24.5 Å². The van der Waals surface area contributed by atoms with Crippen molar-refractivity contribution in [3.05, 3.63) is 30.1 Å². The molecule has 0 radical (unpaired) electrons. The lowest BCUT2D eigenvalue weighted by Gasteiger charge is -2.33. The van der Waals surface area contributed by atoms with Gasteiger partial charge in [0.25, 0.3) is 5.89 Å². The number of piperidine rings is 1. The molecule has 6 heteroatoms. The van der Waals surface area contributed by atoms with Gasteiger partial charge in [-0.1, -0.05) is 23.7 Å². The van der Waals surface area contributed by atoms with Crippen molar-refractivity contribution < 1.29 is 14.0 Å². The van der Waals surface area contributed by atoms with Gasteiger partial charge in [0.05, 0.1) is 5.56 Å². The van der Waals surface area contributed by atoms with Gasteiger partial charge in [-0.15, -0.1) is 0 Å². The molecule has 2 aliphatic rings. The minimum atomic E-state index is 0.324. The summed E-state index contributed by atoms with van der Waals surface area (Å²) in [4.78, 5) is 7.17. The Bertz CT molecular complexity index is 727. The highest BCUT2D eigenvalue weighted by molar-refractivity contribution is 5.62. The van der Waals surface area contributed by atoms with Crippen LogP contribution in [0.3, 0.4) is 0 Å². The van der Waals surface area contributed by atoms with E-state index in [1.165, 1.54) is 25.8 Å². The van der Waals surface area contributed by atoms with Gasteiger partial charge in [0.15, 0.2) is 5.82 Å². The number of rotatable bonds is 6. The Morgan fingerprint density at radius 1 is 1.15 bits per heavy atom. The van der Waals surface area contributed by atoms with Crippen molar-refractivity contribution in [3.8, 4) is 17.2 Å². The summed E-state index contributed by atoms with van der Waals surface area (Å²) in [5.74, 6) is 2.46. The molecule has 6 nitrogen and oxygen atoms in total. The van der Waals surface area contributed by atoms with Gasteiger partial charge in [0.2, 0.25) is 0 Å². The lowest BCUT2D eigenvalue weighted by molar-refractivity contribution is 0.0830. The maximum Gasteiger partial charge on any atom is 0.261 e. The summed E-state index contributed by atoms with van der Waals surface area (Å²) >= 11 is 0. The van der Waals surface area contributed by atoms with E-state index in [4.69, 9.17) is 14.0 Å². The summed E-state index contributed by atoms with van der Waals surface area (Å²) in [6.45, 7) is 6.63. The van der Waals surface area contributed by atoms with Crippen molar-refractivity contribution in [2.75, 3.05) is 32.9 Å². The smallest absolute Gasteiger partial charge is 0.261 e. The Morgan fingerprint density at radius 2 is 2.00 bits per heavy atom. The number of aromatic nitrogens is 2. The highest BCUT2D eigenvalue weighted by Gasteiger charge is 2.23. The second-order valence-corrected chi connectivity index (χ2v) is 7.57. The maximum atomic E-state index is 6.11. The van der Waals surface area contributed by atoms with Gasteiger partial charge in [-0.05, 0) is 51.3 Å². The first-order valence-electron chi connectivity index (χ1n) is 10.2. The molecule has 0 amide bonds.